The smallest absolute Gasteiger partial charge is 0.271 e. The fraction of sp³-hybridized carbons (Fsp3) is 0.278. The third kappa shape index (κ3) is 4.76. The van der Waals surface area contributed by atoms with Crippen molar-refractivity contribution in [2.75, 3.05) is 11.9 Å². The molecule has 6 nitrogen and oxygen atoms in total. The number of halogens is 1. The van der Waals surface area contributed by atoms with Crippen LogP contribution >= 0.6 is 0 Å². The van der Waals surface area contributed by atoms with E-state index in [0.717, 1.165) is 23.8 Å². The maximum atomic E-state index is 13.7. The van der Waals surface area contributed by atoms with Gasteiger partial charge in [-0.15, -0.1) is 0 Å². The normalized spacial score (nSPS) is 11.0. The van der Waals surface area contributed by atoms with E-state index in [2.05, 4.69) is 5.32 Å². The second-order valence-corrected chi connectivity index (χ2v) is 6.50. The van der Waals surface area contributed by atoms with Crippen molar-refractivity contribution in [2.45, 2.75) is 26.2 Å². The predicted octanol–water partition coefficient (Wildman–Crippen LogP) is 4.05. The summed E-state index contributed by atoms with van der Waals surface area (Å²) in [5.74, 6) is -0.804. The summed E-state index contributed by atoms with van der Waals surface area (Å²) >= 11 is 0. The molecule has 7 heteroatoms. The molecule has 0 radical (unpaired) electrons. The van der Waals surface area contributed by atoms with E-state index in [1.807, 2.05) is 32.9 Å². The van der Waals surface area contributed by atoms with Gasteiger partial charge in [-0.25, -0.2) is 4.39 Å². The zero-order valence-electron chi connectivity index (χ0n) is 14.2. The molecule has 0 aliphatic carbocycles. The van der Waals surface area contributed by atoms with Gasteiger partial charge < -0.3 is 10.1 Å². The Hall–Kier alpha value is -2.96. The van der Waals surface area contributed by atoms with Gasteiger partial charge >= 0.3 is 0 Å². The number of rotatable bonds is 5. The van der Waals surface area contributed by atoms with E-state index in [1.54, 1.807) is 12.1 Å². The summed E-state index contributed by atoms with van der Waals surface area (Å²) in [6, 6.07) is 10.3. The van der Waals surface area contributed by atoms with Crippen LogP contribution in [0.1, 0.15) is 26.3 Å². The number of non-ortho nitro benzene ring substituents is 1. The molecule has 0 saturated heterocycles. The van der Waals surface area contributed by atoms with Crippen LogP contribution in [-0.4, -0.2) is 17.4 Å². The first kappa shape index (κ1) is 18.4. The fourth-order valence-corrected chi connectivity index (χ4v) is 2.26. The molecule has 0 aromatic heterocycles. The number of carbonyl (C=O) groups is 1. The van der Waals surface area contributed by atoms with Crippen LogP contribution < -0.4 is 10.1 Å². The van der Waals surface area contributed by atoms with Crippen LogP contribution in [-0.2, 0) is 10.2 Å². The lowest BCUT2D eigenvalue weighted by Crippen LogP contribution is -2.22. The molecule has 0 aliphatic rings. The second kappa shape index (κ2) is 7.29. The molecule has 2 aromatic rings. The Bertz CT molecular complexity index is 800. The molecule has 0 heterocycles. The topological polar surface area (TPSA) is 81.5 Å². The van der Waals surface area contributed by atoms with Gasteiger partial charge in [0.1, 0.15) is 11.6 Å². The highest BCUT2D eigenvalue weighted by Crippen LogP contribution is 2.31. The lowest BCUT2D eigenvalue weighted by Gasteiger charge is -2.22. The van der Waals surface area contributed by atoms with Gasteiger partial charge in [0.05, 0.1) is 10.6 Å². The Kier molecular flexibility index (Phi) is 5.36. The Morgan fingerprint density at radius 2 is 1.92 bits per heavy atom. The minimum Gasteiger partial charge on any atom is -0.483 e. The molecule has 0 spiro atoms. The standard InChI is InChI=1S/C18H19FN2O4/c1-18(2,3)13-6-4-5-7-16(13)25-11-17(22)20-15-10-12(21(23)24)8-9-14(15)19/h4-10H,11H2,1-3H3,(H,20,22). The number of nitrogens with zero attached hydrogens (tertiary/aromatic N) is 1. The van der Waals surface area contributed by atoms with E-state index in [4.69, 9.17) is 4.74 Å². The highest BCUT2D eigenvalue weighted by Gasteiger charge is 2.19. The summed E-state index contributed by atoms with van der Waals surface area (Å²) in [6.45, 7) is 5.73. The average molecular weight is 346 g/mol. The molecular formula is C18H19FN2O4. The highest BCUT2D eigenvalue weighted by atomic mass is 19.1. The molecule has 0 bridgehead atoms. The number of benzene rings is 2. The number of carbonyl (C=O) groups excluding carboxylic acids is 1. The molecule has 0 unspecified atom stereocenters. The van der Waals surface area contributed by atoms with Crippen LogP contribution in [0.4, 0.5) is 15.8 Å². The van der Waals surface area contributed by atoms with Gasteiger partial charge in [-0.1, -0.05) is 39.0 Å². The van der Waals surface area contributed by atoms with Gasteiger partial charge in [0.15, 0.2) is 6.61 Å². The van der Waals surface area contributed by atoms with Crippen LogP contribution in [0.2, 0.25) is 0 Å². The van der Waals surface area contributed by atoms with Crippen LogP contribution in [0, 0.1) is 15.9 Å². The van der Waals surface area contributed by atoms with E-state index < -0.39 is 16.6 Å². The van der Waals surface area contributed by atoms with Crippen molar-refractivity contribution >= 4 is 17.3 Å². The number of ether oxygens (including phenoxy) is 1. The van der Waals surface area contributed by atoms with Crippen LogP contribution in [0.25, 0.3) is 0 Å². The lowest BCUT2D eigenvalue weighted by molar-refractivity contribution is -0.384. The molecule has 2 aromatic carbocycles. The Labute approximate surface area is 144 Å². The predicted molar refractivity (Wildman–Crippen MR) is 92.3 cm³/mol. The Balaban J connectivity index is 2.08. The van der Waals surface area contributed by atoms with Crippen molar-refractivity contribution in [3.8, 4) is 5.75 Å². The van der Waals surface area contributed by atoms with E-state index >= 15 is 0 Å². The molecule has 0 fully saturated rings. The number of hydrogen-bond acceptors (Lipinski definition) is 4. The first-order valence-electron chi connectivity index (χ1n) is 7.64. The van der Waals surface area contributed by atoms with Gasteiger partial charge in [0, 0.05) is 12.1 Å². The van der Waals surface area contributed by atoms with E-state index in [-0.39, 0.29) is 23.4 Å². The van der Waals surface area contributed by atoms with Crippen molar-refractivity contribution in [2.24, 2.45) is 0 Å². The first-order valence-corrected chi connectivity index (χ1v) is 7.64. The van der Waals surface area contributed by atoms with Crippen LogP contribution in [0.5, 0.6) is 5.75 Å². The largest absolute Gasteiger partial charge is 0.483 e. The summed E-state index contributed by atoms with van der Waals surface area (Å²) in [5.41, 5.74) is 0.200. The van der Waals surface area contributed by atoms with Crippen molar-refractivity contribution < 1.29 is 18.8 Å². The number of nitro benzene ring substituents is 1. The van der Waals surface area contributed by atoms with Crippen molar-refractivity contribution in [1.82, 2.24) is 0 Å². The maximum Gasteiger partial charge on any atom is 0.271 e. The molecule has 132 valence electrons. The average Bonchev–Trinajstić information content (AvgIpc) is 2.54. The van der Waals surface area contributed by atoms with E-state index in [1.165, 1.54) is 0 Å². The maximum absolute atomic E-state index is 13.7. The summed E-state index contributed by atoms with van der Waals surface area (Å²) < 4.78 is 19.2. The van der Waals surface area contributed by atoms with Crippen LogP contribution in [0.15, 0.2) is 42.5 Å². The van der Waals surface area contributed by atoms with Gasteiger partial charge in [0.2, 0.25) is 0 Å². The van der Waals surface area contributed by atoms with Gasteiger partial charge in [0.25, 0.3) is 11.6 Å². The SMILES string of the molecule is CC(C)(C)c1ccccc1OCC(=O)Nc1cc([N+](=O)[O-])ccc1F. The van der Waals surface area contributed by atoms with Crippen molar-refractivity contribution in [3.05, 3.63) is 64.0 Å². The number of nitro groups is 1. The summed E-state index contributed by atoms with van der Waals surface area (Å²) in [5, 5.41) is 13.0. The summed E-state index contributed by atoms with van der Waals surface area (Å²) in [4.78, 5) is 22.1. The lowest BCUT2D eigenvalue weighted by atomic mass is 9.86. The zero-order valence-corrected chi connectivity index (χ0v) is 14.2. The molecule has 1 amide bonds. The fourth-order valence-electron chi connectivity index (χ4n) is 2.26. The van der Waals surface area contributed by atoms with Crippen molar-refractivity contribution in [3.63, 3.8) is 0 Å². The summed E-state index contributed by atoms with van der Waals surface area (Å²) in [6.07, 6.45) is 0. The van der Waals surface area contributed by atoms with Crippen LogP contribution in [0.3, 0.4) is 0 Å². The molecule has 0 saturated carbocycles. The first-order chi connectivity index (χ1) is 11.7. The number of nitrogens with one attached hydrogen (secondary N) is 1. The van der Waals surface area contributed by atoms with E-state index in [9.17, 15) is 19.3 Å². The summed E-state index contributed by atoms with van der Waals surface area (Å²) in [7, 11) is 0. The minimum absolute atomic E-state index is 0.167. The third-order valence-electron chi connectivity index (χ3n) is 3.49. The molecular weight excluding hydrogens is 327 g/mol. The van der Waals surface area contributed by atoms with E-state index in [0.29, 0.717) is 5.75 Å². The monoisotopic (exact) mass is 346 g/mol. The molecule has 2 rings (SSSR count). The zero-order chi connectivity index (χ0) is 18.6. The molecule has 25 heavy (non-hydrogen) atoms. The quantitative estimate of drug-likeness (QED) is 0.654. The van der Waals surface area contributed by atoms with Gasteiger partial charge in [-0.3, -0.25) is 14.9 Å². The Morgan fingerprint density at radius 1 is 1.24 bits per heavy atom. The Morgan fingerprint density at radius 3 is 2.56 bits per heavy atom. The second-order valence-electron chi connectivity index (χ2n) is 6.50. The number of amides is 1. The molecule has 1 N–H and O–H groups in total. The highest BCUT2D eigenvalue weighted by molar-refractivity contribution is 5.92. The molecule has 0 aliphatic heterocycles. The number of para-hydroxylation sites is 1. The molecule has 0 atom stereocenters. The third-order valence-corrected chi connectivity index (χ3v) is 3.49. The minimum atomic E-state index is -0.756. The number of anilines is 1. The number of hydrogen-bond donors (Lipinski definition) is 1. The van der Waals surface area contributed by atoms with Gasteiger partial charge in [-0.05, 0) is 23.1 Å². The van der Waals surface area contributed by atoms with Gasteiger partial charge in [-0.2, -0.15) is 0 Å². The van der Waals surface area contributed by atoms with Crippen molar-refractivity contribution in [1.29, 1.82) is 0 Å².